The number of aliphatic hydroxyl groups is 1. The first-order valence-corrected chi connectivity index (χ1v) is 5.93. The van der Waals surface area contributed by atoms with Crippen molar-refractivity contribution in [3.05, 3.63) is 36.4 Å². The van der Waals surface area contributed by atoms with E-state index in [1.54, 1.807) is 6.92 Å². The molecule has 0 heterocycles. The topological polar surface area (TPSA) is 46.5 Å². The monoisotopic (exact) mass is 240 g/mol. The third kappa shape index (κ3) is 25.2. The Kier molecular flexibility index (Phi) is 18.1. The summed E-state index contributed by atoms with van der Waals surface area (Å²) in [4.78, 5) is 9.82. The Morgan fingerprint density at radius 1 is 1.06 bits per heavy atom. The summed E-state index contributed by atoms with van der Waals surface area (Å²) >= 11 is 0. The number of carbonyl (C=O) groups excluding carboxylic acids is 1. The van der Waals surface area contributed by atoms with Crippen LogP contribution in [0, 0.1) is 0 Å². The van der Waals surface area contributed by atoms with Crippen LogP contribution in [0.3, 0.4) is 0 Å². The molecule has 0 radical (unpaired) electrons. The molecule has 0 aliphatic heterocycles. The smallest absolute Gasteiger partial charge is 0.302 e. The van der Waals surface area contributed by atoms with Crippen LogP contribution in [0.5, 0.6) is 0 Å². The standard InChI is InChI=1S/C6H6.C4H8O2.C4H10O/c1-2-4-6-5-3-1;1-3-6-4(2)5;1-2-3-4-5/h1-6H;3H2,1-2H3;5H,2-4H2,1H3. The van der Waals surface area contributed by atoms with Gasteiger partial charge in [0.05, 0.1) is 6.61 Å². The highest BCUT2D eigenvalue weighted by Gasteiger charge is 1.81. The Hall–Kier alpha value is -1.35. The number of carbonyl (C=O) groups is 1. The molecule has 3 nitrogen and oxygen atoms in total. The molecule has 0 saturated carbocycles. The fourth-order valence-corrected chi connectivity index (χ4v) is 0.746. The minimum absolute atomic E-state index is 0.211. The van der Waals surface area contributed by atoms with Gasteiger partial charge in [0.15, 0.2) is 0 Å². The summed E-state index contributed by atoms with van der Waals surface area (Å²) < 4.78 is 4.40. The van der Waals surface area contributed by atoms with E-state index in [2.05, 4.69) is 11.7 Å². The van der Waals surface area contributed by atoms with Crippen LogP contribution in [0.1, 0.15) is 33.6 Å². The second kappa shape index (κ2) is 17.1. The fourth-order valence-electron chi connectivity index (χ4n) is 0.746. The maximum absolute atomic E-state index is 9.82. The number of ether oxygens (including phenoxy) is 1. The van der Waals surface area contributed by atoms with Crippen LogP contribution < -0.4 is 0 Å². The number of esters is 1. The molecule has 0 saturated heterocycles. The lowest BCUT2D eigenvalue weighted by Crippen LogP contribution is -1.95. The van der Waals surface area contributed by atoms with Crippen molar-refractivity contribution in [3.63, 3.8) is 0 Å². The largest absolute Gasteiger partial charge is 0.466 e. The van der Waals surface area contributed by atoms with Gasteiger partial charge in [0.25, 0.3) is 0 Å². The summed E-state index contributed by atoms with van der Waals surface area (Å²) in [5.74, 6) is -0.211. The molecule has 98 valence electrons. The predicted molar refractivity (Wildman–Crippen MR) is 70.7 cm³/mol. The lowest BCUT2D eigenvalue weighted by atomic mass is 10.4. The van der Waals surface area contributed by atoms with E-state index in [0.717, 1.165) is 12.8 Å². The van der Waals surface area contributed by atoms with E-state index >= 15 is 0 Å². The minimum atomic E-state index is -0.211. The summed E-state index contributed by atoms with van der Waals surface area (Å²) in [6, 6.07) is 12.0. The van der Waals surface area contributed by atoms with Crippen LogP contribution >= 0.6 is 0 Å². The number of hydrogen-bond donors (Lipinski definition) is 1. The first kappa shape index (κ1) is 18.0. The van der Waals surface area contributed by atoms with Crippen LogP contribution in [0.2, 0.25) is 0 Å². The first-order chi connectivity index (χ1) is 8.18. The third-order valence-electron chi connectivity index (χ3n) is 1.53. The zero-order valence-electron chi connectivity index (χ0n) is 11.1. The Morgan fingerprint density at radius 2 is 1.47 bits per heavy atom. The summed E-state index contributed by atoms with van der Waals surface area (Å²) in [5.41, 5.74) is 0. The molecule has 1 aromatic rings. The van der Waals surface area contributed by atoms with Crippen LogP contribution in [0.25, 0.3) is 0 Å². The van der Waals surface area contributed by atoms with Crippen molar-refractivity contribution in [3.8, 4) is 0 Å². The average molecular weight is 240 g/mol. The SMILES string of the molecule is CCCCO.CCOC(C)=O.c1ccccc1. The summed E-state index contributed by atoms with van der Waals surface area (Å²) in [6.07, 6.45) is 2.04. The molecule has 0 aromatic heterocycles. The van der Waals surface area contributed by atoms with Crippen molar-refractivity contribution < 1.29 is 14.6 Å². The molecule has 0 amide bonds. The maximum Gasteiger partial charge on any atom is 0.302 e. The van der Waals surface area contributed by atoms with Gasteiger partial charge in [0.1, 0.15) is 0 Å². The predicted octanol–water partition coefficient (Wildman–Crippen LogP) is 3.03. The Morgan fingerprint density at radius 3 is 1.53 bits per heavy atom. The zero-order valence-corrected chi connectivity index (χ0v) is 11.1. The van der Waals surface area contributed by atoms with Gasteiger partial charge in [0.2, 0.25) is 0 Å². The van der Waals surface area contributed by atoms with Crippen molar-refractivity contribution in [2.24, 2.45) is 0 Å². The molecular weight excluding hydrogens is 216 g/mol. The highest BCUT2D eigenvalue weighted by molar-refractivity contribution is 5.65. The molecule has 1 rings (SSSR count). The molecule has 0 bridgehead atoms. The third-order valence-corrected chi connectivity index (χ3v) is 1.53. The van der Waals surface area contributed by atoms with E-state index in [0.29, 0.717) is 13.2 Å². The molecule has 0 aliphatic rings. The van der Waals surface area contributed by atoms with Crippen molar-refractivity contribution in [2.75, 3.05) is 13.2 Å². The highest BCUT2D eigenvalue weighted by Crippen LogP contribution is 1.80. The molecule has 0 spiro atoms. The lowest BCUT2D eigenvalue weighted by Gasteiger charge is -1.89. The van der Waals surface area contributed by atoms with Gasteiger partial charge >= 0.3 is 5.97 Å². The average Bonchev–Trinajstić information content (AvgIpc) is 2.34. The van der Waals surface area contributed by atoms with E-state index in [1.807, 2.05) is 36.4 Å². The van der Waals surface area contributed by atoms with Gasteiger partial charge in [-0.1, -0.05) is 49.7 Å². The summed E-state index contributed by atoms with van der Waals surface area (Å²) in [5, 5.41) is 8.07. The molecule has 1 N–H and O–H groups in total. The van der Waals surface area contributed by atoms with Gasteiger partial charge in [-0.25, -0.2) is 0 Å². The van der Waals surface area contributed by atoms with Crippen LogP contribution in [0.4, 0.5) is 0 Å². The van der Waals surface area contributed by atoms with E-state index in [-0.39, 0.29) is 5.97 Å². The number of unbranched alkanes of at least 4 members (excludes halogenated alkanes) is 1. The molecule has 17 heavy (non-hydrogen) atoms. The van der Waals surface area contributed by atoms with Crippen molar-refractivity contribution in [1.29, 1.82) is 0 Å². The fraction of sp³-hybridized carbons (Fsp3) is 0.500. The first-order valence-electron chi connectivity index (χ1n) is 5.93. The molecule has 0 atom stereocenters. The van der Waals surface area contributed by atoms with Crippen LogP contribution in [-0.4, -0.2) is 24.3 Å². The number of rotatable bonds is 3. The molecule has 1 aromatic carbocycles. The van der Waals surface area contributed by atoms with E-state index in [1.165, 1.54) is 6.92 Å². The molecular formula is C14H24O3. The number of benzene rings is 1. The van der Waals surface area contributed by atoms with Gasteiger partial charge in [0, 0.05) is 13.5 Å². The van der Waals surface area contributed by atoms with Crippen molar-refractivity contribution in [1.82, 2.24) is 0 Å². The quantitative estimate of drug-likeness (QED) is 0.826. The lowest BCUT2D eigenvalue weighted by molar-refractivity contribution is -0.140. The van der Waals surface area contributed by atoms with Gasteiger partial charge < -0.3 is 9.84 Å². The van der Waals surface area contributed by atoms with E-state index < -0.39 is 0 Å². The van der Waals surface area contributed by atoms with Crippen molar-refractivity contribution >= 4 is 5.97 Å². The molecule has 0 unspecified atom stereocenters. The van der Waals surface area contributed by atoms with E-state index in [9.17, 15) is 4.79 Å². The second-order valence-corrected chi connectivity index (χ2v) is 3.16. The maximum atomic E-state index is 9.82. The summed E-state index contributed by atoms with van der Waals surface area (Å²) in [6.45, 7) is 6.05. The second-order valence-electron chi connectivity index (χ2n) is 3.16. The Bertz CT molecular complexity index is 206. The summed E-state index contributed by atoms with van der Waals surface area (Å²) in [7, 11) is 0. The molecule has 0 fully saturated rings. The Labute approximate surface area is 104 Å². The van der Waals surface area contributed by atoms with E-state index in [4.69, 9.17) is 5.11 Å². The van der Waals surface area contributed by atoms with Crippen LogP contribution in [-0.2, 0) is 9.53 Å². The Balaban J connectivity index is 0. The zero-order chi connectivity index (χ0) is 13.4. The van der Waals surface area contributed by atoms with Gasteiger partial charge in [-0.05, 0) is 13.3 Å². The van der Waals surface area contributed by atoms with Gasteiger partial charge in [-0.3, -0.25) is 4.79 Å². The minimum Gasteiger partial charge on any atom is -0.466 e. The highest BCUT2D eigenvalue weighted by atomic mass is 16.5. The molecule has 3 heteroatoms. The van der Waals surface area contributed by atoms with Crippen molar-refractivity contribution in [2.45, 2.75) is 33.6 Å². The number of hydrogen-bond acceptors (Lipinski definition) is 3. The molecule has 0 aliphatic carbocycles. The normalized spacial score (nSPS) is 8.00. The number of aliphatic hydroxyl groups excluding tert-OH is 1. The van der Waals surface area contributed by atoms with Gasteiger partial charge in [-0.15, -0.1) is 0 Å². The van der Waals surface area contributed by atoms with Crippen LogP contribution in [0.15, 0.2) is 36.4 Å². The van der Waals surface area contributed by atoms with Gasteiger partial charge in [-0.2, -0.15) is 0 Å².